The normalized spacial score (nSPS) is 14.4. The molecule has 0 amide bonds. The minimum Gasteiger partial charge on any atom is -0.392 e. The van der Waals surface area contributed by atoms with Crippen molar-refractivity contribution in [2.75, 3.05) is 43.4 Å². The van der Waals surface area contributed by atoms with Crippen molar-refractivity contribution in [2.45, 2.75) is 13.2 Å². The molecule has 0 saturated carbocycles. The van der Waals surface area contributed by atoms with E-state index in [1.807, 2.05) is 18.2 Å². The van der Waals surface area contributed by atoms with Crippen LogP contribution in [0.4, 0.5) is 21.7 Å². The van der Waals surface area contributed by atoms with E-state index in [1.165, 1.54) is 27.7 Å². The number of nitrogens with one attached hydrogen (secondary N) is 1. The van der Waals surface area contributed by atoms with E-state index in [0.29, 0.717) is 5.69 Å². The summed E-state index contributed by atoms with van der Waals surface area (Å²) in [7, 11) is 2.10. The van der Waals surface area contributed by atoms with Crippen LogP contribution in [0.25, 0.3) is 16.9 Å². The van der Waals surface area contributed by atoms with Crippen LogP contribution in [-0.2, 0) is 13.2 Å². The van der Waals surface area contributed by atoms with Crippen LogP contribution in [0.1, 0.15) is 5.56 Å². The lowest BCUT2D eigenvalue weighted by Crippen LogP contribution is -2.44. The Balaban J connectivity index is 1.51. The molecule has 36 heavy (non-hydrogen) atoms. The molecular formula is C25H27FN8O2. The number of anilines is 3. The third kappa shape index (κ3) is 4.45. The smallest absolute Gasteiger partial charge is 0.278 e. The van der Waals surface area contributed by atoms with Crippen LogP contribution in [-0.4, -0.2) is 67.5 Å². The van der Waals surface area contributed by atoms with E-state index in [1.54, 1.807) is 12.1 Å². The second-order valence-corrected chi connectivity index (χ2v) is 8.65. The number of aromatic nitrogens is 5. The van der Waals surface area contributed by atoms with Crippen molar-refractivity contribution in [1.82, 2.24) is 29.2 Å². The summed E-state index contributed by atoms with van der Waals surface area (Å²) in [6.45, 7) is 7.50. The second kappa shape index (κ2) is 9.88. The molecular weight excluding hydrogens is 463 g/mol. The average Bonchev–Trinajstić information content (AvgIpc) is 3.15. The first kappa shape index (κ1) is 23.6. The first-order chi connectivity index (χ1) is 17.5. The monoisotopic (exact) mass is 490 g/mol. The van der Waals surface area contributed by atoms with E-state index < -0.39 is 5.95 Å². The number of halogens is 1. The fourth-order valence-corrected chi connectivity index (χ4v) is 4.40. The van der Waals surface area contributed by atoms with Gasteiger partial charge in [0.1, 0.15) is 5.39 Å². The van der Waals surface area contributed by atoms with Gasteiger partial charge in [-0.25, -0.2) is 19.3 Å². The summed E-state index contributed by atoms with van der Waals surface area (Å²) in [5, 5.41) is 13.5. The number of hydrogen-bond donors (Lipinski definition) is 2. The Morgan fingerprint density at radius 1 is 1.17 bits per heavy atom. The van der Waals surface area contributed by atoms with Crippen molar-refractivity contribution in [1.29, 1.82) is 0 Å². The van der Waals surface area contributed by atoms with Crippen LogP contribution >= 0.6 is 0 Å². The van der Waals surface area contributed by atoms with Crippen molar-refractivity contribution >= 4 is 28.4 Å². The Morgan fingerprint density at radius 2 is 1.97 bits per heavy atom. The number of piperazine rings is 1. The Hall–Kier alpha value is -4.09. The Morgan fingerprint density at radius 3 is 2.69 bits per heavy atom. The number of rotatable bonds is 7. The lowest BCUT2D eigenvalue weighted by atomic mass is 10.1. The number of aliphatic hydroxyl groups excluding tert-OH is 1. The van der Waals surface area contributed by atoms with Gasteiger partial charge in [0.05, 0.1) is 13.2 Å². The first-order valence-corrected chi connectivity index (χ1v) is 11.6. The van der Waals surface area contributed by atoms with Gasteiger partial charge in [-0.1, -0.05) is 12.1 Å². The van der Waals surface area contributed by atoms with E-state index >= 15 is 0 Å². The van der Waals surface area contributed by atoms with Crippen LogP contribution in [0.5, 0.6) is 0 Å². The molecule has 1 aliphatic rings. The van der Waals surface area contributed by atoms with Gasteiger partial charge in [-0.3, -0.25) is 4.79 Å². The summed E-state index contributed by atoms with van der Waals surface area (Å²) in [4.78, 5) is 30.4. The molecule has 0 bridgehead atoms. The summed E-state index contributed by atoms with van der Waals surface area (Å²) in [5.74, 6) is -0.205. The highest BCUT2D eigenvalue weighted by Crippen LogP contribution is 2.27. The predicted octanol–water partition coefficient (Wildman–Crippen LogP) is 2.29. The fourth-order valence-electron chi connectivity index (χ4n) is 4.40. The van der Waals surface area contributed by atoms with Gasteiger partial charge in [-0.2, -0.15) is 9.37 Å². The number of pyridine rings is 1. The third-order valence-electron chi connectivity index (χ3n) is 6.24. The van der Waals surface area contributed by atoms with Gasteiger partial charge in [-0.05, 0) is 37.4 Å². The zero-order chi connectivity index (χ0) is 25.2. The van der Waals surface area contributed by atoms with E-state index in [-0.39, 0.29) is 41.5 Å². The molecule has 1 fully saturated rings. The topological polar surface area (TPSA) is 104 Å². The molecule has 0 radical (unpaired) electrons. The van der Waals surface area contributed by atoms with E-state index in [0.717, 1.165) is 37.4 Å². The Kier molecular flexibility index (Phi) is 6.49. The van der Waals surface area contributed by atoms with Gasteiger partial charge < -0.3 is 20.2 Å². The van der Waals surface area contributed by atoms with E-state index in [2.05, 4.69) is 43.7 Å². The SMILES string of the molecule is C=CCn1c(=O)c2cnc(Nc3ccc(N4CCN(C)CC4)c(CO)c3)nc2n1-c1cccc(F)n1. The zero-order valence-electron chi connectivity index (χ0n) is 19.9. The molecule has 0 aliphatic carbocycles. The molecule has 1 aromatic carbocycles. The molecule has 3 aromatic heterocycles. The number of likely N-dealkylation sites (N-methyl/N-ethyl adjacent to an activating group) is 1. The molecule has 10 nitrogen and oxygen atoms in total. The number of hydrogen-bond acceptors (Lipinski definition) is 8. The lowest BCUT2D eigenvalue weighted by Gasteiger charge is -2.35. The van der Waals surface area contributed by atoms with Crippen molar-refractivity contribution in [3.63, 3.8) is 0 Å². The van der Waals surface area contributed by atoms with Crippen LogP contribution in [0.15, 0.2) is 60.0 Å². The van der Waals surface area contributed by atoms with Crippen molar-refractivity contribution in [2.24, 2.45) is 0 Å². The largest absolute Gasteiger partial charge is 0.392 e. The minimum absolute atomic E-state index is 0.105. The Labute approximate surface area is 206 Å². The maximum absolute atomic E-state index is 13.9. The maximum Gasteiger partial charge on any atom is 0.278 e. The second-order valence-electron chi connectivity index (χ2n) is 8.65. The average molecular weight is 491 g/mol. The number of aliphatic hydroxyl groups is 1. The molecule has 1 aliphatic heterocycles. The predicted molar refractivity (Wildman–Crippen MR) is 136 cm³/mol. The molecule has 186 valence electrons. The standard InChI is InChI=1S/C25H27FN8O2/c1-3-9-33-24(36)19-15-27-25(30-23(19)34(33)22-6-4-5-21(26)29-22)28-18-7-8-20(17(14-18)16-35)32-12-10-31(2)11-13-32/h3-8,14-15,35H,1,9-13,16H2,2H3,(H,27,28,30). The molecule has 0 unspecified atom stereocenters. The summed E-state index contributed by atoms with van der Waals surface area (Å²) < 4.78 is 16.7. The molecule has 2 N–H and O–H groups in total. The molecule has 4 heterocycles. The van der Waals surface area contributed by atoms with Crippen molar-refractivity contribution < 1.29 is 9.50 Å². The van der Waals surface area contributed by atoms with Gasteiger partial charge in [0.25, 0.3) is 5.56 Å². The summed E-state index contributed by atoms with van der Waals surface area (Å²) in [5.41, 5.74) is 2.44. The highest BCUT2D eigenvalue weighted by atomic mass is 19.1. The Bertz CT molecular complexity index is 1470. The lowest BCUT2D eigenvalue weighted by molar-refractivity contribution is 0.280. The number of fused-ring (bicyclic) bond motifs is 1. The van der Waals surface area contributed by atoms with Crippen LogP contribution in [0, 0.1) is 5.95 Å². The summed E-state index contributed by atoms with van der Waals surface area (Å²) >= 11 is 0. The molecule has 0 spiro atoms. The third-order valence-corrected chi connectivity index (χ3v) is 6.24. The van der Waals surface area contributed by atoms with Crippen LogP contribution in [0.2, 0.25) is 0 Å². The number of allylic oxidation sites excluding steroid dienone is 1. The van der Waals surface area contributed by atoms with Crippen molar-refractivity contribution in [3.05, 3.63) is 77.1 Å². The van der Waals surface area contributed by atoms with E-state index in [9.17, 15) is 14.3 Å². The minimum atomic E-state index is -0.670. The highest BCUT2D eigenvalue weighted by Gasteiger charge is 2.19. The molecule has 4 aromatic rings. The maximum atomic E-state index is 13.9. The van der Waals surface area contributed by atoms with Gasteiger partial charge in [0, 0.05) is 49.3 Å². The zero-order valence-corrected chi connectivity index (χ0v) is 19.9. The summed E-state index contributed by atoms with van der Waals surface area (Å²) in [6.07, 6.45) is 3.01. The van der Waals surface area contributed by atoms with Crippen LogP contribution < -0.4 is 15.8 Å². The molecule has 0 atom stereocenters. The summed E-state index contributed by atoms with van der Waals surface area (Å²) in [6, 6.07) is 10.1. The highest BCUT2D eigenvalue weighted by molar-refractivity contribution is 5.77. The van der Waals surface area contributed by atoms with Crippen LogP contribution in [0.3, 0.4) is 0 Å². The quantitative estimate of drug-likeness (QED) is 0.300. The molecule has 11 heteroatoms. The van der Waals surface area contributed by atoms with Gasteiger partial charge in [-0.15, -0.1) is 6.58 Å². The number of benzene rings is 1. The number of nitrogens with zero attached hydrogens (tertiary/aromatic N) is 7. The molecule has 5 rings (SSSR count). The van der Waals surface area contributed by atoms with E-state index in [4.69, 9.17) is 0 Å². The van der Waals surface area contributed by atoms with Gasteiger partial charge in [0.2, 0.25) is 11.9 Å². The van der Waals surface area contributed by atoms with Crippen molar-refractivity contribution in [3.8, 4) is 5.82 Å². The van der Waals surface area contributed by atoms with Gasteiger partial charge >= 0.3 is 0 Å². The van der Waals surface area contributed by atoms with Gasteiger partial charge in [0.15, 0.2) is 11.5 Å². The first-order valence-electron chi connectivity index (χ1n) is 11.6. The fraction of sp³-hybridized carbons (Fsp3) is 0.280. The molecule has 1 saturated heterocycles.